The van der Waals surface area contributed by atoms with Crippen LogP contribution in [0.1, 0.15) is 81.0 Å². The monoisotopic (exact) mass is 421 g/mol. The minimum Gasteiger partial charge on any atom is -0.496 e. The van der Waals surface area contributed by atoms with Crippen LogP contribution in [0.4, 0.5) is 0 Å². The number of carbonyl (C=O) groups excluding carboxylic acids is 1. The Morgan fingerprint density at radius 1 is 1.00 bits per heavy atom. The highest BCUT2D eigenvalue weighted by Gasteiger charge is 2.20. The number of aromatic nitrogens is 2. The third kappa shape index (κ3) is 5.87. The highest BCUT2D eigenvalue weighted by molar-refractivity contribution is 5.97. The van der Waals surface area contributed by atoms with E-state index in [-0.39, 0.29) is 11.9 Å². The van der Waals surface area contributed by atoms with Crippen LogP contribution in [0.5, 0.6) is 5.75 Å². The van der Waals surface area contributed by atoms with E-state index in [9.17, 15) is 4.79 Å². The number of para-hydroxylation sites is 3. The van der Waals surface area contributed by atoms with Gasteiger partial charge < -0.3 is 14.6 Å². The first-order chi connectivity index (χ1) is 15.2. The summed E-state index contributed by atoms with van der Waals surface area (Å²) in [6, 6.07) is 15.3. The number of nitrogens with one attached hydrogen (secondary N) is 1. The van der Waals surface area contributed by atoms with Gasteiger partial charge in [0, 0.05) is 6.54 Å². The minimum atomic E-state index is -0.214. The van der Waals surface area contributed by atoms with Crippen molar-refractivity contribution in [2.75, 3.05) is 7.11 Å². The minimum absolute atomic E-state index is 0.153. The van der Waals surface area contributed by atoms with Crippen molar-refractivity contribution < 1.29 is 9.53 Å². The summed E-state index contributed by atoms with van der Waals surface area (Å²) in [5.41, 5.74) is 2.63. The first-order valence-electron chi connectivity index (χ1n) is 11.5. The fourth-order valence-electron chi connectivity index (χ4n) is 4.06. The maximum atomic E-state index is 12.9. The van der Waals surface area contributed by atoms with E-state index in [2.05, 4.69) is 22.9 Å². The van der Waals surface area contributed by atoms with Crippen LogP contribution >= 0.6 is 0 Å². The van der Waals surface area contributed by atoms with E-state index < -0.39 is 0 Å². The number of nitrogens with zero attached hydrogens (tertiary/aromatic N) is 2. The first-order valence-corrected chi connectivity index (χ1v) is 11.5. The van der Waals surface area contributed by atoms with Gasteiger partial charge in [-0.05, 0) is 37.6 Å². The summed E-state index contributed by atoms with van der Waals surface area (Å²) in [6.07, 6.45) is 8.88. The Balaban J connectivity index is 1.71. The third-order valence-electron chi connectivity index (χ3n) is 5.76. The number of amides is 1. The molecule has 0 aliphatic heterocycles. The van der Waals surface area contributed by atoms with E-state index in [1.54, 1.807) is 19.2 Å². The van der Waals surface area contributed by atoms with E-state index in [4.69, 9.17) is 9.72 Å². The van der Waals surface area contributed by atoms with Crippen molar-refractivity contribution in [2.24, 2.45) is 0 Å². The first kappa shape index (κ1) is 22.9. The zero-order valence-corrected chi connectivity index (χ0v) is 19.1. The molecule has 5 heteroatoms. The zero-order chi connectivity index (χ0) is 22.1. The van der Waals surface area contributed by atoms with Gasteiger partial charge in [0.15, 0.2) is 0 Å². The lowest BCUT2D eigenvalue weighted by molar-refractivity contribution is 0.0934. The number of ether oxygens (including phenoxy) is 1. The number of benzene rings is 2. The second-order valence-electron chi connectivity index (χ2n) is 8.13. The van der Waals surface area contributed by atoms with Crippen molar-refractivity contribution in [3.63, 3.8) is 0 Å². The predicted octanol–water partition coefficient (Wildman–Crippen LogP) is 6.29. The van der Waals surface area contributed by atoms with Crippen LogP contribution in [0.25, 0.3) is 11.0 Å². The maximum absolute atomic E-state index is 12.9. The normalized spacial score (nSPS) is 12.1. The lowest BCUT2D eigenvalue weighted by atomic mass is 10.1. The molecule has 0 bridgehead atoms. The predicted molar refractivity (Wildman–Crippen MR) is 127 cm³/mol. The molecule has 5 nitrogen and oxygen atoms in total. The summed E-state index contributed by atoms with van der Waals surface area (Å²) in [7, 11) is 1.58. The van der Waals surface area contributed by atoms with E-state index in [0.29, 0.717) is 11.3 Å². The summed E-state index contributed by atoms with van der Waals surface area (Å²) < 4.78 is 7.62. The Kier molecular flexibility index (Phi) is 8.51. The van der Waals surface area contributed by atoms with Crippen molar-refractivity contribution in [3.8, 4) is 5.75 Å². The molecule has 0 spiro atoms. The second-order valence-corrected chi connectivity index (χ2v) is 8.13. The Morgan fingerprint density at radius 3 is 2.45 bits per heavy atom. The summed E-state index contributed by atoms with van der Waals surface area (Å²) in [6.45, 7) is 5.16. The topological polar surface area (TPSA) is 56.2 Å². The maximum Gasteiger partial charge on any atom is 0.255 e. The summed E-state index contributed by atoms with van der Waals surface area (Å²) in [5, 5.41) is 3.11. The summed E-state index contributed by atoms with van der Waals surface area (Å²) in [4.78, 5) is 17.8. The fourth-order valence-corrected chi connectivity index (χ4v) is 4.06. The molecule has 1 aromatic heterocycles. The number of rotatable bonds is 12. The van der Waals surface area contributed by atoms with Gasteiger partial charge in [0.2, 0.25) is 0 Å². The van der Waals surface area contributed by atoms with Gasteiger partial charge >= 0.3 is 0 Å². The number of hydrogen-bond acceptors (Lipinski definition) is 3. The Hall–Kier alpha value is -2.82. The highest BCUT2D eigenvalue weighted by atomic mass is 16.5. The van der Waals surface area contributed by atoms with Crippen molar-refractivity contribution in [3.05, 3.63) is 59.9 Å². The molecule has 0 saturated heterocycles. The van der Waals surface area contributed by atoms with Crippen LogP contribution < -0.4 is 10.1 Å². The molecule has 0 fully saturated rings. The van der Waals surface area contributed by atoms with Crippen LogP contribution in [0.2, 0.25) is 0 Å². The number of aryl methyl sites for hydroxylation is 1. The van der Waals surface area contributed by atoms with E-state index >= 15 is 0 Å². The standard InChI is InChI=1S/C26H35N3O2/c1-4-5-6-7-8-9-14-19-29-23-17-12-11-16-22(23)28-25(29)20(2)27-26(30)21-15-10-13-18-24(21)31-3/h10-13,15-18,20H,4-9,14,19H2,1-3H3,(H,27,30). The second kappa shape index (κ2) is 11.5. The zero-order valence-electron chi connectivity index (χ0n) is 19.1. The molecule has 31 heavy (non-hydrogen) atoms. The molecular formula is C26H35N3O2. The number of methoxy groups -OCH3 is 1. The number of unbranched alkanes of at least 4 members (excludes halogenated alkanes) is 6. The van der Waals surface area contributed by atoms with E-state index in [0.717, 1.165) is 29.8 Å². The molecule has 1 unspecified atom stereocenters. The highest BCUT2D eigenvalue weighted by Crippen LogP contribution is 2.23. The molecule has 0 radical (unpaired) electrons. The van der Waals surface area contributed by atoms with Crippen molar-refractivity contribution in [2.45, 2.75) is 71.4 Å². The number of fused-ring (bicyclic) bond motifs is 1. The van der Waals surface area contributed by atoms with Gasteiger partial charge in [0.1, 0.15) is 11.6 Å². The molecule has 2 aromatic carbocycles. The van der Waals surface area contributed by atoms with Crippen LogP contribution in [0, 0.1) is 0 Å². The van der Waals surface area contributed by atoms with E-state index in [1.807, 2.05) is 37.3 Å². The van der Waals surface area contributed by atoms with Crippen molar-refractivity contribution >= 4 is 16.9 Å². The van der Waals surface area contributed by atoms with Crippen LogP contribution in [0.15, 0.2) is 48.5 Å². The SMILES string of the molecule is CCCCCCCCCn1c(C(C)NC(=O)c2ccccc2OC)nc2ccccc21. The Bertz CT molecular complexity index is 980. The van der Waals surface area contributed by atoms with Crippen molar-refractivity contribution in [1.82, 2.24) is 14.9 Å². The molecule has 1 N–H and O–H groups in total. The molecule has 1 amide bonds. The molecule has 3 aromatic rings. The largest absolute Gasteiger partial charge is 0.496 e. The number of hydrogen-bond donors (Lipinski definition) is 1. The summed E-state index contributed by atoms with van der Waals surface area (Å²) in [5.74, 6) is 1.32. The molecule has 3 rings (SSSR count). The van der Waals surface area contributed by atoms with E-state index in [1.165, 1.54) is 38.5 Å². The summed E-state index contributed by atoms with van der Waals surface area (Å²) >= 11 is 0. The molecule has 1 atom stereocenters. The van der Waals surface area contributed by atoms with Gasteiger partial charge in [-0.25, -0.2) is 4.98 Å². The van der Waals surface area contributed by atoms with Crippen LogP contribution in [-0.4, -0.2) is 22.6 Å². The van der Waals surface area contributed by atoms with Gasteiger partial charge in [0.05, 0.1) is 29.7 Å². The molecular weight excluding hydrogens is 386 g/mol. The Labute approximate surface area is 185 Å². The fraction of sp³-hybridized carbons (Fsp3) is 0.462. The molecule has 0 saturated carbocycles. The lowest BCUT2D eigenvalue weighted by Gasteiger charge is -2.17. The molecule has 166 valence electrons. The van der Waals surface area contributed by atoms with Gasteiger partial charge in [-0.1, -0.05) is 69.7 Å². The third-order valence-corrected chi connectivity index (χ3v) is 5.76. The smallest absolute Gasteiger partial charge is 0.255 e. The number of carbonyl (C=O) groups is 1. The van der Waals surface area contributed by atoms with Gasteiger partial charge in [-0.2, -0.15) is 0 Å². The molecule has 0 aliphatic carbocycles. The van der Waals surface area contributed by atoms with Crippen LogP contribution in [-0.2, 0) is 6.54 Å². The average molecular weight is 422 g/mol. The quantitative estimate of drug-likeness (QED) is 0.350. The molecule has 1 heterocycles. The Morgan fingerprint density at radius 2 is 1.68 bits per heavy atom. The average Bonchev–Trinajstić information content (AvgIpc) is 3.17. The van der Waals surface area contributed by atoms with Gasteiger partial charge in [-0.15, -0.1) is 0 Å². The van der Waals surface area contributed by atoms with Gasteiger partial charge in [0.25, 0.3) is 5.91 Å². The van der Waals surface area contributed by atoms with Gasteiger partial charge in [-0.3, -0.25) is 4.79 Å². The van der Waals surface area contributed by atoms with Crippen LogP contribution in [0.3, 0.4) is 0 Å². The van der Waals surface area contributed by atoms with Crippen molar-refractivity contribution in [1.29, 1.82) is 0 Å². The molecule has 0 aliphatic rings. The lowest BCUT2D eigenvalue weighted by Crippen LogP contribution is -2.29. The number of imidazole rings is 1.